The zero-order valence-corrected chi connectivity index (χ0v) is 13.6. The van der Waals surface area contributed by atoms with Gasteiger partial charge in [0, 0.05) is 11.7 Å². The number of pyridine rings is 1. The highest BCUT2D eigenvalue weighted by atomic mass is 16.7. The van der Waals surface area contributed by atoms with Gasteiger partial charge in [0.1, 0.15) is 0 Å². The Balaban J connectivity index is 2.02. The standard InChI is InChI=1S/C16H25BN2O2/c1-15(2)16(3,4)21-17(20-15)13-9-10-14(19-12-13)8-6-7-11-18-5/h6,8-10,12,18H,7,11H2,1-5H3. The fourth-order valence-corrected chi connectivity index (χ4v) is 2.07. The molecular formula is C16H25BN2O2. The molecule has 1 N–H and O–H groups in total. The van der Waals surface area contributed by atoms with Crippen LogP contribution >= 0.6 is 0 Å². The van der Waals surface area contributed by atoms with Gasteiger partial charge in [-0.05, 0) is 59.9 Å². The predicted molar refractivity (Wildman–Crippen MR) is 87.5 cm³/mol. The normalized spacial score (nSPS) is 20.3. The first-order valence-electron chi connectivity index (χ1n) is 7.48. The minimum absolute atomic E-state index is 0.316. The van der Waals surface area contributed by atoms with E-state index in [1.165, 1.54) is 0 Å². The van der Waals surface area contributed by atoms with Gasteiger partial charge in [-0.25, -0.2) is 0 Å². The lowest BCUT2D eigenvalue weighted by molar-refractivity contribution is 0.00578. The predicted octanol–water partition coefficient (Wildman–Crippen LogP) is 2.00. The molecular weight excluding hydrogens is 263 g/mol. The first-order valence-corrected chi connectivity index (χ1v) is 7.48. The number of aromatic nitrogens is 1. The highest BCUT2D eigenvalue weighted by Crippen LogP contribution is 2.36. The minimum atomic E-state index is -0.343. The Morgan fingerprint density at radius 3 is 2.38 bits per heavy atom. The van der Waals surface area contributed by atoms with Crippen LogP contribution in [0.15, 0.2) is 24.4 Å². The summed E-state index contributed by atoms with van der Waals surface area (Å²) in [5, 5.41) is 3.11. The number of hydrogen-bond acceptors (Lipinski definition) is 4. The molecule has 0 saturated carbocycles. The third-order valence-corrected chi connectivity index (χ3v) is 4.18. The molecule has 0 radical (unpaired) electrons. The van der Waals surface area contributed by atoms with Gasteiger partial charge in [0.15, 0.2) is 0 Å². The summed E-state index contributed by atoms with van der Waals surface area (Å²) in [5.74, 6) is 0. The Morgan fingerprint density at radius 1 is 1.19 bits per heavy atom. The van der Waals surface area contributed by atoms with E-state index in [0.29, 0.717) is 0 Å². The zero-order valence-electron chi connectivity index (χ0n) is 13.6. The first-order chi connectivity index (χ1) is 9.86. The summed E-state index contributed by atoms with van der Waals surface area (Å²) in [7, 11) is 1.61. The fourth-order valence-electron chi connectivity index (χ4n) is 2.07. The van der Waals surface area contributed by atoms with Crippen LogP contribution in [0.25, 0.3) is 6.08 Å². The van der Waals surface area contributed by atoms with E-state index < -0.39 is 0 Å². The summed E-state index contributed by atoms with van der Waals surface area (Å²) in [6.45, 7) is 9.19. The lowest BCUT2D eigenvalue weighted by Gasteiger charge is -2.32. The highest BCUT2D eigenvalue weighted by Gasteiger charge is 2.51. The van der Waals surface area contributed by atoms with E-state index in [2.05, 4.69) is 44.1 Å². The van der Waals surface area contributed by atoms with Crippen LogP contribution in [0.2, 0.25) is 0 Å². The molecule has 114 valence electrons. The van der Waals surface area contributed by atoms with E-state index in [0.717, 1.165) is 24.1 Å². The van der Waals surface area contributed by atoms with Gasteiger partial charge in [0.25, 0.3) is 0 Å². The maximum Gasteiger partial charge on any atom is 0.496 e. The van der Waals surface area contributed by atoms with Crippen molar-refractivity contribution in [3.63, 3.8) is 0 Å². The summed E-state index contributed by atoms with van der Waals surface area (Å²) in [6.07, 6.45) is 6.98. The smallest absolute Gasteiger partial charge is 0.399 e. The van der Waals surface area contributed by atoms with Gasteiger partial charge in [0.05, 0.1) is 16.9 Å². The van der Waals surface area contributed by atoms with Crippen molar-refractivity contribution in [1.82, 2.24) is 10.3 Å². The Morgan fingerprint density at radius 2 is 1.86 bits per heavy atom. The molecule has 21 heavy (non-hydrogen) atoms. The minimum Gasteiger partial charge on any atom is -0.399 e. The average molecular weight is 288 g/mol. The molecule has 1 aromatic heterocycles. The van der Waals surface area contributed by atoms with Gasteiger partial charge in [-0.1, -0.05) is 12.1 Å². The van der Waals surface area contributed by atoms with Crippen LogP contribution in [-0.2, 0) is 9.31 Å². The van der Waals surface area contributed by atoms with E-state index in [9.17, 15) is 0 Å². The van der Waals surface area contributed by atoms with E-state index in [1.54, 1.807) is 0 Å². The van der Waals surface area contributed by atoms with Crippen molar-refractivity contribution < 1.29 is 9.31 Å². The van der Waals surface area contributed by atoms with Gasteiger partial charge in [-0.3, -0.25) is 4.98 Å². The summed E-state index contributed by atoms with van der Waals surface area (Å²) < 4.78 is 12.0. The molecule has 0 spiro atoms. The second kappa shape index (κ2) is 6.30. The molecule has 1 saturated heterocycles. The van der Waals surface area contributed by atoms with Gasteiger partial charge in [-0.15, -0.1) is 0 Å². The van der Waals surface area contributed by atoms with Crippen molar-refractivity contribution in [2.75, 3.05) is 13.6 Å². The molecule has 2 rings (SSSR count). The van der Waals surface area contributed by atoms with Gasteiger partial charge >= 0.3 is 7.12 Å². The van der Waals surface area contributed by atoms with Crippen LogP contribution in [0, 0.1) is 0 Å². The third-order valence-electron chi connectivity index (χ3n) is 4.18. The summed E-state index contributed by atoms with van der Waals surface area (Å²) in [4.78, 5) is 4.45. The molecule has 4 nitrogen and oxygen atoms in total. The Kier molecular flexibility index (Phi) is 4.86. The van der Waals surface area contributed by atoms with Crippen molar-refractivity contribution in [3.8, 4) is 0 Å². The Hall–Kier alpha value is -1.17. The van der Waals surface area contributed by atoms with E-state index in [4.69, 9.17) is 9.31 Å². The first kappa shape index (κ1) is 16.2. The number of nitrogens with zero attached hydrogens (tertiary/aromatic N) is 1. The van der Waals surface area contributed by atoms with Crippen LogP contribution in [0.5, 0.6) is 0 Å². The molecule has 5 heteroatoms. The second-order valence-corrected chi connectivity index (χ2v) is 6.40. The van der Waals surface area contributed by atoms with Crippen molar-refractivity contribution in [3.05, 3.63) is 30.1 Å². The van der Waals surface area contributed by atoms with Crippen molar-refractivity contribution >= 4 is 18.7 Å². The van der Waals surface area contributed by atoms with E-state index >= 15 is 0 Å². The molecule has 0 aliphatic carbocycles. The van der Waals surface area contributed by atoms with Crippen LogP contribution in [0.4, 0.5) is 0 Å². The largest absolute Gasteiger partial charge is 0.496 e. The summed E-state index contributed by atoms with van der Waals surface area (Å²) >= 11 is 0. The number of rotatable bonds is 5. The zero-order chi connectivity index (χ0) is 15.5. The molecule has 1 aliphatic rings. The molecule has 1 fully saturated rings. The van der Waals surface area contributed by atoms with Crippen LogP contribution in [-0.4, -0.2) is 36.9 Å². The van der Waals surface area contributed by atoms with Gasteiger partial charge < -0.3 is 14.6 Å². The van der Waals surface area contributed by atoms with Crippen LogP contribution in [0.3, 0.4) is 0 Å². The van der Waals surface area contributed by atoms with Crippen LogP contribution < -0.4 is 10.8 Å². The SMILES string of the molecule is CNCCC=Cc1ccc(B2OC(C)(C)C(C)(C)O2)cn1. The molecule has 1 aromatic rings. The summed E-state index contributed by atoms with van der Waals surface area (Å²) in [5.41, 5.74) is 1.28. The highest BCUT2D eigenvalue weighted by molar-refractivity contribution is 6.62. The Bertz CT molecular complexity index is 482. The molecule has 0 bridgehead atoms. The topological polar surface area (TPSA) is 43.4 Å². The van der Waals surface area contributed by atoms with E-state index in [-0.39, 0.29) is 18.3 Å². The average Bonchev–Trinajstić information content (AvgIpc) is 2.64. The molecule has 0 unspecified atom stereocenters. The maximum atomic E-state index is 6.01. The third kappa shape index (κ3) is 3.73. The van der Waals surface area contributed by atoms with Crippen LogP contribution in [0.1, 0.15) is 39.8 Å². The Labute approximate surface area is 128 Å². The fraction of sp³-hybridized carbons (Fsp3) is 0.562. The molecule has 0 atom stereocenters. The van der Waals surface area contributed by atoms with Crippen molar-refractivity contribution in [2.45, 2.75) is 45.3 Å². The number of nitrogens with one attached hydrogen (secondary N) is 1. The maximum absolute atomic E-state index is 6.01. The van der Waals surface area contributed by atoms with Gasteiger partial charge in [0.2, 0.25) is 0 Å². The lowest BCUT2D eigenvalue weighted by atomic mass is 9.80. The second-order valence-electron chi connectivity index (χ2n) is 6.40. The molecule has 1 aliphatic heterocycles. The van der Waals surface area contributed by atoms with Gasteiger partial charge in [-0.2, -0.15) is 0 Å². The monoisotopic (exact) mass is 288 g/mol. The quantitative estimate of drug-likeness (QED) is 0.665. The molecule has 0 aromatic carbocycles. The van der Waals surface area contributed by atoms with E-state index in [1.807, 2.05) is 31.5 Å². The number of hydrogen-bond donors (Lipinski definition) is 1. The molecule has 2 heterocycles. The lowest BCUT2D eigenvalue weighted by Crippen LogP contribution is -2.41. The molecule has 0 amide bonds. The van der Waals surface area contributed by atoms with Crippen molar-refractivity contribution in [2.24, 2.45) is 0 Å². The van der Waals surface area contributed by atoms with Crippen molar-refractivity contribution in [1.29, 1.82) is 0 Å². The summed E-state index contributed by atoms with van der Waals surface area (Å²) in [6, 6.07) is 4.02.